The normalized spacial score (nSPS) is 14.9. The first-order valence-electron chi connectivity index (χ1n) is 9.21. The summed E-state index contributed by atoms with van der Waals surface area (Å²) in [5.41, 5.74) is 2.18. The van der Waals surface area contributed by atoms with E-state index in [4.69, 9.17) is 9.72 Å². The number of pyridine rings is 1. The molecule has 1 saturated heterocycles. The van der Waals surface area contributed by atoms with Crippen molar-refractivity contribution in [2.24, 2.45) is 0 Å². The smallest absolute Gasteiger partial charge is 0.274 e. The maximum Gasteiger partial charge on any atom is 0.274 e. The Morgan fingerprint density at radius 2 is 2.00 bits per heavy atom. The van der Waals surface area contributed by atoms with Crippen LogP contribution in [-0.4, -0.2) is 38.3 Å². The molecule has 0 radical (unpaired) electrons. The molecule has 1 aliphatic rings. The van der Waals surface area contributed by atoms with E-state index in [-0.39, 0.29) is 0 Å². The first-order valence-corrected chi connectivity index (χ1v) is 10.1. The van der Waals surface area contributed by atoms with Gasteiger partial charge in [0.05, 0.1) is 13.3 Å². The molecule has 3 heterocycles. The van der Waals surface area contributed by atoms with Crippen LogP contribution >= 0.6 is 11.3 Å². The van der Waals surface area contributed by atoms with Crippen LogP contribution in [0.15, 0.2) is 54.0 Å². The van der Waals surface area contributed by atoms with Crippen molar-refractivity contribution in [1.29, 1.82) is 0 Å². The summed E-state index contributed by atoms with van der Waals surface area (Å²) < 4.78 is 5.19. The van der Waals surface area contributed by atoms with Crippen LogP contribution in [0.1, 0.15) is 5.69 Å². The van der Waals surface area contributed by atoms with Crippen LogP contribution in [0, 0.1) is 0 Å². The van der Waals surface area contributed by atoms with Gasteiger partial charge in [-0.15, -0.1) is 11.3 Å². The molecule has 1 aliphatic heterocycles. The first-order chi connectivity index (χ1) is 13.3. The average Bonchev–Trinajstić information content (AvgIpc) is 3.16. The van der Waals surface area contributed by atoms with Crippen LogP contribution in [0.2, 0.25) is 0 Å². The summed E-state index contributed by atoms with van der Waals surface area (Å²) in [6.07, 6.45) is 1.99. The zero-order chi connectivity index (χ0) is 18.5. The maximum absolute atomic E-state index is 5.19. The molecule has 2 aromatic heterocycles. The van der Waals surface area contributed by atoms with Gasteiger partial charge in [-0.3, -0.25) is 4.90 Å². The molecule has 3 N–H and O–H groups in total. The second kappa shape index (κ2) is 8.37. The summed E-state index contributed by atoms with van der Waals surface area (Å²) in [5.74, 6) is 2.06. The molecule has 27 heavy (non-hydrogen) atoms. The fourth-order valence-electron chi connectivity index (χ4n) is 3.32. The number of hydrogen-bond donors (Lipinski definition) is 2. The van der Waals surface area contributed by atoms with Crippen LogP contribution in [0.3, 0.4) is 0 Å². The lowest BCUT2D eigenvalue weighted by Gasteiger charge is -2.27. The fourth-order valence-corrected chi connectivity index (χ4v) is 4.05. The van der Waals surface area contributed by atoms with E-state index in [2.05, 4.69) is 32.7 Å². The summed E-state index contributed by atoms with van der Waals surface area (Å²) in [7, 11) is 1.68. The van der Waals surface area contributed by atoms with E-state index >= 15 is 0 Å². The SMILES string of the molecule is COc1ccc(Nc2nc(C[NH+]3CCN(c4cccc[nH+]4)CC3)cs2)cc1. The molecule has 140 valence electrons. The van der Waals surface area contributed by atoms with E-state index in [0.717, 1.165) is 55.0 Å². The van der Waals surface area contributed by atoms with Crippen molar-refractivity contribution in [2.75, 3.05) is 43.5 Å². The third kappa shape index (κ3) is 4.56. The third-order valence-electron chi connectivity index (χ3n) is 4.83. The third-order valence-corrected chi connectivity index (χ3v) is 5.63. The van der Waals surface area contributed by atoms with E-state index < -0.39 is 0 Å². The van der Waals surface area contributed by atoms with Crippen molar-refractivity contribution in [3.8, 4) is 5.75 Å². The monoisotopic (exact) mass is 383 g/mol. The summed E-state index contributed by atoms with van der Waals surface area (Å²) in [4.78, 5) is 12.1. The minimum atomic E-state index is 0.858. The van der Waals surface area contributed by atoms with Crippen LogP contribution in [0.25, 0.3) is 0 Å². The van der Waals surface area contributed by atoms with Gasteiger partial charge in [-0.05, 0) is 30.3 Å². The van der Waals surface area contributed by atoms with Crippen molar-refractivity contribution in [3.05, 3.63) is 59.7 Å². The van der Waals surface area contributed by atoms with Gasteiger partial charge < -0.3 is 15.0 Å². The summed E-state index contributed by atoms with van der Waals surface area (Å²) in [6, 6.07) is 14.1. The van der Waals surface area contributed by atoms with E-state index in [1.807, 2.05) is 36.5 Å². The average molecular weight is 384 g/mol. The van der Waals surface area contributed by atoms with E-state index in [1.54, 1.807) is 23.3 Å². The summed E-state index contributed by atoms with van der Waals surface area (Å²) >= 11 is 1.66. The molecule has 0 amide bonds. The van der Waals surface area contributed by atoms with E-state index in [9.17, 15) is 0 Å². The summed E-state index contributed by atoms with van der Waals surface area (Å²) in [6.45, 7) is 5.37. The standard InChI is InChI=1S/C20H23N5OS/c1-26-18-7-5-16(6-8-18)22-20-23-17(15-27-20)14-24-10-12-25(13-11-24)19-4-2-3-9-21-19/h2-9,15H,10-14H2,1H3,(H,22,23)/p+2. The molecule has 3 aromatic rings. The van der Waals surface area contributed by atoms with Crippen molar-refractivity contribution in [3.63, 3.8) is 0 Å². The molecule has 0 unspecified atom stereocenters. The van der Waals surface area contributed by atoms with Gasteiger partial charge in [0.2, 0.25) is 0 Å². The Bertz CT molecular complexity index is 844. The molecular formula is C20H25N5OS+2. The largest absolute Gasteiger partial charge is 0.497 e. The quantitative estimate of drug-likeness (QED) is 0.679. The minimum absolute atomic E-state index is 0.858. The lowest BCUT2D eigenvalue weighted by atomic mass is 10.3. The molecule has 7 heteroatoms. The number of piperazine rings is 1. The number of aromatic nitrogens is 2. The second-order valence-electron chi connectivity index (χ2n) is 6.66. The van der Waals surface area contributed by atoms with Crippen molar-refractivity contribution >= 4 is 28.0 Å². The van der Waals surface area contributed by atoms with Crippen LogP contribution in [-0.2, 0) is 6.54 Å². The van der Waals surface area contributed by atoms with Crippen LogP contribution < -0.4 is 24.8 Å². The Hall–Kier alpha value is -2.64. The number of hydrogen-bond acceptors (Lipinski definition) is 5. The number of rotatable bonds is 6. The van der Waals surface area contributed by atoms with E-state index in [0.29, 0.717) is 0 Å². The topological polar surface area (TPSA) is 56.0 Å². The van der Waals surface area contributed by atoms with Crippen molar-refractivity contribution in [2.45, 2.75) is 6.54 Å². The Morgan fingerprint density at radius 1 is 1.19 bits per heavy atom. The zero-order valence-electron chi connectivity index (χ0n) is 15.4. The predicted molar refractivity (Wildman–Crippen MR) is 108 cm³/mol. The Morgan fingerprint density at radius 3 is 2.70 bits per heavy atom. The van der Waals surface area contributed by atoms with Gasteiger partial charge >= 0.3 is 0 Å². The van der Waals surface area contributed by atoms with Crippen LogP contribution in [0.5, 0.6) is 5.75 Å². The number of ether oxygens (including phenoxy) is 1. The number of nitrogens with one attached hydrogen (secondary N) is 3. The molecule has 1 fully saturated rings. The number of thiazole rings is 1. The molecule has 0 atom stereocenters. The van der Waals surface area contributed by atoms with Crippen LogP contribution in [0.4, 0.5) is 16.6 Å². The highest BCUT2D eigenvalue weighted by atomic mass is 32.1. The molecule has 0 saturated carbocycles. The highest BCUT2D eigenvalue weighted by Crippen LogP contribution is 2.22. The van der Waals surface area contributed by atoms with Crippen molar-refractivity contribution in [1.82, 2.24) is 4.98 Å². The van der Waals surface area contributed by atoms with Gasteiger partial charge in [-0.1, -0.05) is 6.07 Å². The maximum atomic E-state index is 5.19. The second-order valence-corrected chi connectivity index (χ2v) is 7.52. The molecule has 0 bridgehead atoms. The van der Waals surface area contributed by atoms with Gasteiger partial charge in [-0.25, -0.2) is 9.97 Å². The number of nitrogens with zero attached hydrogens (tertiary/aromatic N) is 2. The molecule has 0 aliphatic carbocycles. The number of H-pyrrole nitrogens is 1. The predicted octanol–water partition coefficient (Wildman–Crippen LogP) is 1.61. The highest BCUT2D eigenvalue weighted by molar-refractivity contribution is 7.13. The first kappa shape index (κ1) is 17.8. The van der Waals surface area contributed by atoms with Gasteiger partial charge in [-0.2, -0.15) is 0 Å². The molecular weight excluding hydrogens is 358 g/mol. The van der Waals surface area contributed by atoms with Crippen molar-refractivity contribution < 1.29 is 14.6 Å². The number of methoxy groups -OCH3 is 1. The lowest BCUT2D eigenvalue weighted by molar-refractivity contribution is -0.914. The van der Waals surface area contributed by atoms with Gasteiger partial charge in [0.25, 0.3) is 5.82 Å². The lowest BCUT2D eigenvalue weighted by Crippen LogP contribution is -3.13. The fraction of sp³-hybridized carbons (Fsp3) is 0.300. The zero-order valence-corrected chi connectivity index (χ0v) is 16.3. The van der Waals surface area contributed by atoms with Gasteiger partial charge in [0.1, 0.15) is 44.2 Å². The Labute approximate surface area is 163 Å². The highest BCUT2D eigenvalue weighted by Gasteiger charge is 2.26. The molecule has 1 aromatic carbocycles. The van der Waals surface area contributed by atoms with E-state index in [1.165, 1.54) is 5.82 Å². The number of quaternary nitrogens is 1. The Kier molecular flexibility index (Phi) is 5.50. The number of benzene rings is 1. The Balaban J connectivity index is 1.29. The minimum Gasteiger partial charge on any atom is -0.497 e. The molecule has 4 rings (SSSR count). The molecule has 0 spiro atoms. The van der Waals surface area contributed by atoms with Gasteiger partial charge in [0.15, 0.2) is 5.13 Å². The van der Waals surface area contributed by atoms with Gasteiger partial charge in [0, 0.05) is 17.1 Å². The number of anilines is 3. The summed E-state index contributed by atoms with van der Waals surface area (Å²) in [5, 5.41) is 6.47. The number of aromatic amines is 1. The molecule has 6 nitrogen and oxygen atoms in total.